The lowest BCUT2D eigenvalue weighted by Crippen LogP contribution is -2.23. The van der Waals surface area contributed by atoms with E-state index in [0.29, 0.717) is 0 Å². The monoisotopic (exact) mass is 143 g/mol. The zero-order valence-corrected chi connectivity index (χ0v) is 5.16. The van der Waals surface area contributed by atoms with E-state index in [-0.39, 0.29) is 13.0 Å². The summed E-state index contributed by atoms with van der Waals surface area (Å²) in [5.74, 6) is -1.84. The lowest BCUT2D eigenvalue weighted by Gasteiger charge is -1.99. The molecule has 54 valence electrons. The van der Waals surface area contributed by atoms with Gasteiger partial charge in [-0.05, 0) is 0 Å². The molecule has 0 saturated carbocycles. The minimum atomic E-state index is -0.994. The molecule has 10 heavy (non-hydrogen) atoms. The Morgan fingerprint density at radius 2 is 2.20 bits per heavy atom. The number of nitrogens with one attached hydrogen (secondary N) is 1. The van der Waals surface area contributed by atoms with Gasteiger partial charge in [0.1, 0.15) is 0 Å². The number of carbonyl (C=O) groups is 2. The molecular formula is C4H6BNO4. The Balaban J connectivity index is 3.06. The molecule has 0 unspecified atom stereocenters. The second-order valence-electron chi connectivity index (χ2n) is 1.46. The fraction of sp³-hybridized carbons (Fsp3) is 0.500. The second kappa shape index (κ2) is 4.81. The number of hydrogen-bond donors (Lipinski definition) is 2. The first-order valence-corrected chi connectivity index (χ1v) is 2.52. The van der Waals surface area contributed by atoms with Crippen molar-refractivity contribution in [2.24, 2.45) is 0 Å². The molecule has 2 radical (unpaired) electrons. The van der Waals surface area contributed by atoms with Crippen molar-refractivity contribution in [1.82, 2.24) is 5.48 Å². The van der Waals surface area contributed by atoms with E-state index in [1.807, 2.05) is 0 Å². The molecule has 0 saturated heterocycles. The predicted octanol–water partition coefficient (Wildman–Crippen LogP) is -0.729. The Morgan fingerprint density at radius 1 is 1.60 bits per heavy atom. The molecule has 5 nitrogen and oxygen atoms in total. The zero-order chi connectivity index (χ0) is 7.98. The summed E-state index contributed by atoms with van der Waals surface area (Å²) < 4.78 is 0. The molecule has 2 N–H and O–H groups in total. The predicted molar refractivity (Wildman–Crippen MR) is 32.5 cm³/mol. The van der Waals surface area contributed by atoms with Crippen molar-refractivity contribution in [3.8, 4) is 0 Å². The Labute approximate surface area is 58.7 Å². The van der Waals surface area contributed by atoms with Crippen LogP contribution in [0.5, 0.6) is 0 Å². The first-order chi connectivity index (χ1) is 4.63. The van der Waals surface area contributed by atoms with Gasteiger partial charge in [-0.2, -0.15) is 0 Å². The van der Waals surface area contributed by atoms with Crippen molar-refractivity contribution in [2.75, 3.05) is 6.61 Å². The normalized spacial score (nSPS) is 8.80. The molecule has 0 aliphatic heterocycles. The van der Waals surface area contributed by atoms with E-state index in [4.69, 9.17) is 5.11 Å². The quantitative estimate of drug-likeness (QED) is 0.309. The summed E-state index contributed by atoms with van der Waals surface area (Å²) in [5, 5.41) is 8.05. The van der Waals surface area contributed by atoms with E-state index in [1.165, 1.54) is 0 Å². The Morgan fingerprint density at radius 3 is 2.60 bits per heavy atom. The maximum Gasteiger partial charge on any atom is 0.305 e. The van der Waals surface area contributed by atoms with E-state index in [0.717, 1.165) is 0 Å². The molecule has 0 aliphatic rings. The summed E-state index contributed by atoms with van der Waals surface area (Å²) in [4.78, 5) is 24.0. The van der Waals surface area contributed by atoms with Crippen molar-refractivity contribution >= 4 is 19.6 Å². The number of aliphatic carboxylic acids is 1. The first kappa shape index (κ1) is 8.96. The Kier molecular flexibility index (Phi) is 4.31. The average Bonchev–Trinajstić information content (AvgIpc) is 1.79. The molecule has 1 amide bonds. The minimum absolute atomic E-state index is 0.0850. The minimum Gasteiger partial charge on any atom is -0.481 e. The number of rotatable bonds is 4. The van der Waals surface area contributed by atoms with Gasteiger partial charge in [-0.15, -0.1) is 0 Å². The van der Waals surface area contributed by atoms with Gasteiger partial charge < -0.3 is 5.11 Å². The van der Waals surface area contributed by atoms with Crippen LogP contribution in [-0.4, -0.2) is 31.3 Å². The van der Waals surface area contributed by atoms with E-state index < -0.39 is 11.8 Å². The van der Waals surface area contributed by atoms with Crippen LogP contribution in [0.15, 0.2) is 0 Å². The number of carboxylic acids is 1. The molecular weight excluding hydrogens is 137 g/mol. The Hall–Kier alpha value is -1.04. The highest BCUT2D eigenvalue weighted by Gasteiger charge is 1.95. The van der Waals surface area contributed by atoms with Crippen molar-refractivity contribution in [1.29, 1.82) is 0 Å². The number of hydrogen-bond acceptors (Lipinski definition) is 3. The maximum absolute atomic E-state index is 9.88. The molecule has 6 heteroatoms. The zero-order valence-electron chi connectivity index (χ0n) is 5.16. The number of carboxylic acid groups (broad SMARTS) is 1. The molecule has 0 rings (SSSR count). The van der Waals surface area contributed by atoms with Crippen molar-refractivity contribution in [2.45, 2.75) is 6.42 Å². The van der Waals surface area contributed by atoms with Crippen molar-refractivity contribution < 1.29 is 19.5 Å². The topological polar surface area (TPSA) is 75.6 Å². The fourth-order valence-electron chi connectivity index (χ4n) is 0.261. The van der Waals surface area contributed by atoms with Crippen molar-refractivity contribution in [3.05, 3.63) is 0 Å². The molecule has 0 aromatic heterocycles. The number of amides is 1. The van der Waals surface area contributed by atoms with Crippen LogP contribution >= 0.6 is 0 Å². The van der Waals surface area contributed by atoms with Crippen LogP contribution < -0.4 is 5.48 Å². The highest BCUT2D eigenvalue weighted by atomic mass is 16.6. The fourth-order valence-corrected chi connectivity index (χ4v) is 0.261. The smallest absolute Gasteiger partial charge is 0.305 e. The van der Waals surface area contributed by atoms with Gasteiger partial charge in [-0.3, -0.25) is 14.4 Å². The van der Waals surface area contributed by atoms with Gasteiger partial charge in [0.2, 0.25) is 7.85 Å². The van der Waals surface area contributed by atoms with E-state index in [9.17, 15) is 9.59 Å². The Bertz CT molecular complexity index is 121. The van der Waals surface area contributed by atoms with Gasteiger partial charge in [-0.1, -0.05) is 0 Å². The third kappa shape index (κ3) is 6.96. The molecule has 0 heterocycles. The summed E-state index contributed by atoms with van der Waals surface area (Å²) in [6, 6.07) is 0. The van der Waals surface area contributed by atoms with Gasteiger partial charge in [0.15, 0.2) is 5.81 Å². The summed E-state index contributed by atoms with van der Waals surface area (Å²) in [5.41, 5.74) is 1.78. The molecule has 0 spiro atoms. The summed E-state index contributed by atoms with van der Waals surface area (Å²) >= 11 is 0. The molecule has 0 aliphatic carbocycles. The summed E-state index contributed by atoms with van der Waals surface area (Å²) in [6.07, 6.45) is -0.166. The standard InChI is InChI=1S/C4H6BNO4/c5-4(9)6-10-2-1-3(7)8/h1-2H2,(H,6,9)(H,7,8). The molecule has 0 atom stereocenters. The van der Waals surface area contributed by atoms with E-state index in [1.54, 1.807) is 5.48 Å². The highest BCUT2D eigenvalue weighted by molar-refractivity contribution is 6.56. The van der Waals surface area contributed by atoms with Crippen LogP contribution in [0, 0.1) is 0 Å². The van der Waals surface area contributed by atoms with Crippen LogP contribution in [0.2, 0.25) is 0 Å². The van der Waals surface area contributed by atoms with Crippen LogP contribution in [-0.2, 0) is 9.63 Å². The molecule has 0 fully saturated rings. The van der Waals surface area contributed by atoms with Crippen LogP contribution in [0.4, 0.5) is 4.79 Å². The molecule has 0 bridgehead atoms. The first-order valence-electron chi connectivity index (χ1n) is 2.52. The van der Waals surface area contributed by atoms with Crippen LogP contribution in [0.1, 0.15) is 6.42 Å². The van der Waals surface area contributed by atoms with Gasteiger partial charge in [0, 0.05) is 0 Å². The summed E-state index contributed by atoms with van der Waals surface area (Å²) in [7, 11) is 4.59. The third-order valence-corrected chi connectivity index (χ3v) is 0.591. The molecule has 0 aromatic carbocycles. The highest BCUT2D eigenvalue weighted by Crippen LogP contribution is 1.78. The lowest BCUT2D eigenvalue weighted by atomic mass is 10.1. The molecule has 0 aromatic rings. The van der Waals surface area contributed by atoms with Crippen LogP contribution in [0.3, 0.4) is 0 Å². The average molecular weight is 143 g/mol. The number of hydroxylamine groups is 1. The SMILES string of the molecule is [B]C(=O)NOCCC(=O)O. The summed E-state index contributed by atoms with van der Waals surface area (Å²) in [6.45, 7) is -0.0850. The van der Waals surface area contributed by atoms with E-state index >= 15 is 0 Å². The van der Waals surface area contributed by atoms with Gasteiger partial charge >= 0.3 is 5.97 Å². The van der Waals surface area contributed by atoms with Gasteiger partial charge in [-0.25, -0.2) is 5.48 Å². The van der Waals surface area contributed by atoms with Gasteiger partial charge in [0.05, 0.1) is 13.0 Å². The van der Waals surface area contributed by atoms with Crippen molar-refractivity contribution in [3.63, 3.8) is 0 Å². The lowest BCUT2D eigenvalue weighted by molar-refractivity contribution is -0.138. The third-order valence-electron chi connectivity index (χ3n) is 0.591. The van der Waals surface area contributed by atoms with Crippen LogP contribution in [0.25, 0.3) is 0 Å². The second-order valence-corrected chi connectivity index (χ2v) is 1.46. The van der Waals surface area contributed by atoms with Gasteiger partial charge in [0.25, 0.3) is 0 Å². The maximum atomic E-state index is 9.88. The van der Waals surface area contributed by atoms with E-state index in [2.05, 4.69) is 12.7 Å². The number of carbonyl (C=O) groups excluding carboxylic acids is 1. The largest absolute Gasteiger partial charge is 0.481 e.